The number of hydrogen-bond acceptors (Lipinski definition) is 5. The number of fused-ring (bicyclic) bond motifs is 6. The Kier molecular flexibility index (Phi) is 3.32. The highest BCUT2D eigenvalue weighted by Gasteiger charge is 2.27. The summed E-state index contributed by atoms with van der Waals surface area (Å²) in [5, 5.41) is 0.384. The smallest absolute Gasteiger partial charge is 0.372 e. The lowest BCUT2D eigenvalue weighted by Crippen LogP contribution is -2.15. The van der Waals surface area contributed by atoms with Crippen molar-refractivity contribution in [3.8, 4) is 5.75 Å². The van der Waals surface area contributed by atoms with Gasteiger partial charge in [0.25, 0.3) is 0 Å². The van der Waals surface area contributed by atoms with Gasteiger partial charge in [-0.25, -0.2) is 4.79 Å². The first kappa shape index (κ1) is 15.6. The summed E-state index contributed by atoms with van der Waals surface area (Å²) in [6.07, 6.45) is 3.40. The lowest BCUT2D eigenvalue weighted by molar-refractivity contribution is 0.345. The Labute approximate surface area is 141 Å². The largest absolute Gasteiger partial charge is 0.488 e. The van der Waals surface area contributed by atoms with Gasteiger partial charge in [-0.2, -0.15) is 4.39 Å². The summed E-state index contributed by atoms with van der Waals surface area (Å²) in [4.78, 5) is 24.5. The molecule has 4 rings (SSSR count). The molecule has 0 unspecified atom stereocenters. The molecule has 0 saturated carbocycles. The molecule has 0 amide bonds. The zero-order chi connectivity index (χ0) is 17.9. The Balaban J connectivity index is 2.41. The van der Waals surface area contributed by atoms with Crippen LogP contribution >= 0.6 is 0 Å². The van der Waals surface area contributed by atoms with Gasteiger partial charge in [-0.3, -0.25) is 4.79 Å². The van der Waals surface area contributed by atoms with Crippen LogP contribution in [-0.2, 0) is 6.42 Å². The molecule has 0 spiro atoms. The standard InChI is InChI=1S/C19H14FO5/c1-4-10-13-16-11(5-8(2)7-23-16)17-14(12(21)6-9(3)24-17)18(13)25-19(22)15(10)20/h6H,4,7H2,1-3H3. The van der Waals surface area contributed by atoms with Crippen molar-refractivity contribution in [2.45, 2.75) is 27.2 Å². The Hall–Kier alpha value is -2.89. The number of ether oxygens (including phenoxy) is 1. The van der Waals surface area contributed by atoms with Crippen molar-refractivity contribution in [3.63, 3.8) is 0 Å². The van der Waals surface area contributed by atoms with Crippen molar-refractivity contribution in [1.29, 1.82) is 0 Å². The van der Waals surface area contributed by atoms with Crippen LogP contribution in [0.4, 0.5) is 4.39 Å². The maximum Gasteiger partial charge on any atom is 0.372 e. The molecule has 127 valence electrons. The van der Waals surface area contributed by atoms with E-state index in [-0.39, 0.29) is 40.6 Å². The zero-order valence-electron chi connectivity index (χ0n) is 13.9. The second kappa shape index (κ2) is 5.31. The molecule has 3 heterocycles. The fraction of sp³-hybridized carbons (Fsp3) is 0.263. The maximum atomic E-state index is 14.4. The molecule has 5 nitrogen and oxygen atoms in total. The summed E-state index contributed by atoms with van der Waals surface area (Å²) in [5.74, 6) is -0.242. The van der Waals surface area contributed by atoms with Crippen LogP contribution < -0.4 is 15.8 Å². The summed E-state index contributed by atoms with van der Waals surface area (Å²) in [7, 11) is 0. The molecule has 0 fully saturated rings. The van der Waals surface area contributed by atoms with Gasteiger partial charge in [0.1, 0.15) is 23.5 Å². The fourth-order valence-electron chi connectivity index (χ4n) is 3.22. The monoisotopic (exact) mass is 341 g/mol. The van der Waals surface area contributed by atoms with Gasteiger partial charge in [-0.15, -0.1) is 0 Å². The fourth-order valence-corrected chi connectivity index (χ4v) is 3.22. The van der Waals surface area contributed by atoms with Gasteiger partial charge in [0.15, 0.2) is 16.6 Å². The Bertz CT molecular complexity index is 1200. The van der Waals surface area contributed by atoms with E-state index < -0.39 is 11.4 Å². The molecule has 6 heteroatoms. The van der Waals surface area contributed by atoms with E-state index in [1.165, 1.54) is 6.07 Å². The second-order valence-corrected chi connectivity index (χ2v) is 6.06. The van der Waals surface area contributed by atoms with E-state index in [2.05, 4.69) is 6.08 Å². The van der Waals surface area contributed by atoms with Gasteiger partial charge >= 0.3 is 5.63 Å². The molecule has 0 bridgehead atoms. The molecular weight excluding hydrogens is 327 g/mol. The van der Waals surface area contributed by atoms with Crippen molar-refractivity contribution in [1.82, 2.24) is 0 Å². The molecule has 0 atom stereocenters. The number of benzene rings is 1. The summed E-state index contributed by atoms with van der Waals surface area (Å²) < 4.78 is 31.0. The van der Waals surface area contributed by atoms with E-state index in [1.54, 1.807) is 13.8 Å². The average Bonchev–Trinajstić information content (AvgIpc) is 2.56. The van der Waals surface area contributed by atoms with Gasteiger partial charge in [0.05, 0.1) is 10.9 Å². The molecule has 2 aromatic heterocycles. The van der Waals surface area contributed by atoms with Crippen molar-refractivity contribution in [2.75, 3.05) is 6.61 Å². The summed E-state index contributed by atoms with van der Waals surface area (Å²) in [6, 6.07) is 1.31. The van der Waals surface area contributed by atoms with Crippen molar-refractivity contribution >= 4 is 21.9 Å². The highest BCUT2D eigenvalue weighted by molar-refractivity contribution is 6.08. The molecule has 1 aromatic carbocycles. The second-order valence-electron chi connectivity index (χ2n) is 6.06. The topological polar surface area (TPSA) is 69.7 Å². The highest BCUT2D eigenvalue weighted by Crippen LogP contribution is 2.41. The molecule has 0 aliphatic carbocycles. The van der Waals surface area contributed by atoms with Gasteiger partial charge < -0.3 is 13.6 Å². The first-order valence-corrected chi connectivity index (χ1v) is 7.90. The zero-order valence-corrected chi connectivity index (χ0v) is 13.9. The number of hydrogen-bond donors (Lipinski definition) is 0. The quantitative estimate of drug-likeness (QED) is 0.501. The summed E-state index contributed by atoms with van der Waals surface area (Å²) in [6.45, 7) is 5.47. The molecular formula is C19H14FO5. The highest BCUT2D eigenvalue weighted by atomic mass is 19.1. The van der Waals surface area contributed by atoms with Gasteiger partial charge in [-0.05, 0) is 31.9 Å². The van der Waals surface area contributed by atoms with Crippen LogP contribution in [0.15, 0.2) is 30.1 Å². The lowest BCUT2D eigenvalue weighted by Gasteiger charge is -2.20. The van der Waals surface area contributed by atoms with Crippen molar-refractivity contribution in [2.24, 2.45) is 0 Å². The average molecular weight is 341 g/mol. The van der Waals surface area contributed by atoms with E-state index in [0.29, 0.717) is 22.5 Å². The number of halogens is 1. The van der Waals surface area contributed by atoms with Gasteiger partial charge in [-0.1, -0.05) is 6.92 Å². The first-order valence-electron chi connectivity index (χ1n) is 7.90. The third kappa shape index (κ3) is 2.13. The minimum Gasteiger partial charge on any atom is -0.488 e. The van der Waals surface area contributed by atoms with E-state index in [1.807, 2.05) is 6.92 Å². The number of aryl methyl sites for hydroxylation is 2. The minimum atomic E-state index is -1.11. The van der Waals surface area contributed by atoms with Crippen LogP contribution in [0, 0.1) is 18.8 Å². The van der Waals surface area contributed by atoms with Crippen LogP contribution in [0.1, 0.15) is 30.7 Å². The van der Waals surface area contributed by atoms with Crippen molar-refractivity contribution in [3.05, 3.63) is 61.1 Å². The molecule has 3 aromatic rings. The van der Waals surface area contributed by atoms with Crippen LogP contribution in [-0.4, -0.2) is 6.61 Å². The van der Waals surface area contributed by atoms with E-state index in [4.69, 9.17) is 13.6 Å². The van der Waals surface area contributed by atoms with E-state index >= 15 is 0 Å². The molecule has 1 radical (unpaired) electrons. The SMILES string of the molecule is CCc1c(F)c(=O)oc2c1c1c(c3oc(C)cc(=O)c32)[C]=C(C)CO1. The van der Waals surface area contributed by atoms with Crippen LogP contribution in [0.3, 0.4) is 0 Å². The Morgan fingerprint density at radius 3 is 2.64 bits per heavy atom. The van der Waals surface area contributed by atoms with Gasteiger partial charge in [0, 0.05) is 11.6 Å². The molecule has 25 heavy (non-hydrogen) atoms. The van der Waals surface area contributed by atoms with Crippen LogP contribution in [0.25, 0.3) is 21.9 Å². The molecule has 0 saturated heterocycles. The third-order valence-electron chi connectivity index (χ3n) is 4.27. The van der Waals surface area contributed by atoms with Crippen LogP contribution in [0.5, 0.6) is 5.75 Å². The van der Waals surface area contributed by atoms with E-state index in [0.717, 1.165) is 5.57 Å². The summed E-state index contributed by atoms with van der Waals surface area (Å²) in [5.41, 5.74) is 0.148. The molecule has 0 N–H and O–H groups in total. The summed E-state index contributed by atoms with van der Waals surface area (Å²) >= 11 is 0. The predicted molar refractivity (Wildman–Crippen MR) is 89.6 cm³/mol. The van der Waals surface area contributed by atoms with Gasteiger partial charge in [0.2, 0.25) is 5.82 Å². The van der Waals surface area contributed by atoms with Crippen LogP contribution in [0.2, 0.25) is 0 Å². The van der Waals surface area contributed by atoms with Crippen molar-refractivity contribution < 1.29 is 18.0 Å². The maximum absolute atomic E-state index is 14.4. The lowest BCUT2D eigenvalue weighted by atomic mass is 9.97. The van der Waals surface area contributed by atoms with E-state index in [9.17, 15) is 14.0 Å². The Morgan fingerprint density at radius 2 is 1.92 bits per heavy atom. The third-order valence-corrected chi connectivity index (χ3v) is 4.27. The normalized spacial score (nSPS) is 13.7. The molecule has 1 aliphatic heterocycles. The first-order chi connectivity index (χ1) is 11.9. The Morgan fingerprint density at radius 1 is 1.16 bits per heavy atom. The molecule has 1 aliphatic rings. The number of rotatable bonds is 1. The predicted octanol–water partition coefficient (Wildman–Crippen LogP) is 3.40. The minimum absolute atomic E-state index is 0.00731.